The fourth-order valence-electron chi connectivity index (χ4n) is 2.40. The first kappa shape index (κ1) is 19.1. The van der Waals surface area contributed by atoms with E-state index in [0.29, 0.717) is 12.1 Å². The lowest BCUT2D eigenvalue weighted by Crippen LogP contribution is -2.28. The number of hydrogen-bond donors (Lipinski definition) is 2. The molecule has 2 rings (SSSR count). The van der Waals surface area contributed by atoms with Crippen LogP contribution in [0.4, 0.5) is 0 Å². The van der Waals surface area contributed by atoms with E-state index in [4.69, 9.17) is 0 Å². The maximum atomic E-state index is 12.6. The van der Waals surface area contributed by atoms with Gasteiger partial charge in [-0.3, -0.25) is 4.79 Å². The minimum absolute atomic E-state index is 0.0819. The Balaban J connectivity index is 2.14. The summed E-state index contributed by atoms with van der Waals surface area (Å²) in [5, 5.41) is 2.79. The Hall–Kier alpha value is -2.18. The van der Waals surface area contributed by atoms with Crippen molar-refractivity contribution < 1.29 is 13.2 Å². The van der Waals surface area contributed by atoms with Crippen LogP contribution in [0.3, 0.4) is 0 Å². The van der Waals surface area contributed by atoms with E-state index in [-0.39, 0.29) is 16.8 Å². The van der Waals surface area contributed by atoms with Gasteiger partial charge in [-0.2, -0.15) is 0 Å². The van der Waals surface area contributed by atoms with Crippen LogP contribution in [0.2, 0.25) is 0 Å². The predicted octanol–water partition coefficient (Wildman–Crippen LogP) is 3.26. The number of carbonyl (C=O) groups excluding carboxylic acids is 1. The van der Waals surface area contributed by atoms with Gasteiger partial charge in [0.1, 0.15) is 0 Å². The predicted molar refractivity (Wildman–Crippen MR) is 98.9 cm³/mol. The smallest absolute Gasteiger partial charge is 0.251 e. The largest absolute Gasteiger partial charge is 0.352 e. The number of benzene rings is 2. The van der Waals surface area contributed by atoms with Crippen molar-refractivity contribution in [2.24, 2.45) is 0 Å². The van der Waals surface area contributed by atoms with E-state index in [2.05, 4.69) is 10.0 Å². The van der Waals surface area contributed by atoms with Crippen LogP contribution in [0.15, 0.2) is 59.5 Å². The molecule has 1 atom stereocenters. The second-order valence-electron chi connectivity index (χ2n) is 5.89. The van der Waals surface area contributed by atoms with Gasteiger partial charge in [0.15, 0.2) is 0 Å². The van der Waals surface area contributed by atoms with Crippen LogP contribution in [0, 0.1) is 0 Å². The SMILES string of the molecule is CCCCNC(=O)c1cccc(S(=O)(=O)NC(C)c2ccccc2)c1. The summed E-state index contributed by atoms with van der Waals surface area (Å²) >= 11 is 0. The number of rotatable bonds is 8. The van der Waals surface area contributed by atoms with Crippen molar-refractivity contribution in [2.75, 3.05) is 6.54 Å². The van der Waals surface area contributed by atoms with E-state index in [0.717, 1.165) is 18.4 Å². The molecule has 0 aliphatic rings. The molecule has 0 aliphatic carbocycles. The summed E-state index contributed by atoms with van der Waals surface area (Å²) in [6.07, 6.45) is 1.87. The summed E-state index contributed by atoms with van der Waals surface area (Å²) in [6.45, 7) is 4.41. The zero-order valence-electron chi connectivity index (χ0n) is 14.5. The number of nitrogens with one attached hydrogen (secondary N) is 2. The molecule has 2 N–H and O–H groups in total. The van der Waals surface area contributed by atoms with Crippen LogP contribution in [-0.4, -0.2) is 20.9 Å². The van der Waals surface area contributed by atoms with Crippen molar-refractivity contribution in [2.45, 2.75) is 37.6 Å². The fraction of sp³-hybridized carbons (Fsp3) is 0.316. The van der Waals surface area contributed by atoms with Gasteiger partial charge in [0, 0.05) is 18.2 Å². The highest BCUT2D eigenvalue weighted by molar-refractivity contribution is 7.89. The maximum Gasteiger partial charge on any atom is 0.251 e. The molecule has 0 aromatic heterocycles. The van der Waals surface area contributed by atoms with Crippen molar-refractivity contribution in [3.63, 3.8) is 0 Å². The van der Waals surface area contributed by atoms with Gasteiger partial charge >= 0.3 is 0 Å². The van der Waals surface area contributed by atoms with E-state index in [1.165, 1.54) is 12.1 Å². The molecule has 0 fully saturated rings. The molecule has 0 aliphatic heterocycles. The van der Waals surface area contributed by atoms with Crippen molar-refractivity contribution in [3.8, 4) is 0 Å². The standard InChI is InChI=1S/C19H24N2O3S/c1-3-4-13-20-19(22)17-11-8-12-18(14-17)25(23,24)21-15(2)16-9-6-5-7-10-16/h5-12,14-15,21H,3-4,13H2,1-2H3,(H,20,22). The van der Waals surface area contributed by atoms with Gasteiger partial charge < -0.3 is 5.32 Å². The van der Waals surface area contributed by atoms with Crippen molar-refractivity contribution in [1.82, 2.24) is 10.0 Å². The Bertz CT molecular complexity index is 804. The van der Waals surface area contributed by atoms with Gasteiger partial charge in [-0.25, -0.2) is 13.1 Å². The molecule has 6 heteroatoms. The lowest BCUT2D eigenvalue weighted by Gasteiger charge is -2.15. The summed E-state index contributed by atoms with van der Waals surface area (Å²) in [4.78, 5) is 12.2. The molecule has 0 bridgehead atoms. The quantitative estimate of drug-likeness (QED) is 0.710. The molecule has 0 spiro atoms. The molecule has 25 heavy (non-hydrogen) atoms. The van der Waals surface area contributed by atoms with E-state index >= 15 is 0 Å². The van der Waals surface area contributed by atoms with Crippen molar-refractivity contribution in [1.29, 1.82) is 0 Å². The third-order valence-electron chi connectivity index (χ3n) is 3.85. The number of amides is 1. The summed E-state index contributed by atoms with van der Waals surface area (Å²) in [5.41, 5.74) is 1.21. The second kappa shape index (κ2) is 8.78. The molecule has 2 aromatic rings. The Labute approximate surface area is 149 Å². The average Bonchev–Trinajstić information content (AvgIpc) is 2.62. The van der Waals surface area contributed by atoms with Gasteiger partial charge in [-0.1, -0.05) is 49.7 Å². The Morgan fingerprint density at radius 3 is 2.48 bits per heavy atom. The molecule has 1 amide bonds. The highest BCUT2D eigenvalue weighted by atomic mass is 32.2. The fourth-order valence-corrected chi connectivity index (χ4v) is 3.67. The molecule has 0 heterocycles. The first-order chi connectivity index (χ1) is 11.9. The van der Waals surface area contributed by atoms with Crippen molar-refractivity contribution in [3.05, 3.63) is 65.7 Å². The van der Waals surface area contributed by atoms with Crippen LogP contribution < -0.4 is 10.0 Å². The number of sulfonamides is 1. The van der Waals surface area contributed by atoms with Gasteiger partial charge in [0.2, 0.25) is 10.0 Å². The third kappa shape index (κ3) is 5.41. The molecule has 134 valence electrons. The molecule has 5 nitrogen and oxygen atoms in total. The average molecular weight is 360 g/mol. The normalized spacial score (nSPS) is 12.6. The zero-order chi connectivity index (χ0) is 18.3. The summed E-state index contributed by atoms with van der Waals surface area (Å²) in [5.74, 6) is -0.262. The van der Waals surface area contributed by atoms with Crippen LogP contribution in [0.1, 0.15) is 48.7 Å². The molecule has 0 radical (unpaired) electrons. The van der Waals surface area contributed by atoms with Crippen LogP contribution in [-0.2, 0) is 10.0 Å². The van der Waals surface area contributed by atoms with Crippen LogP contribution >= 0.6 is 0 Å². The van der Waals surface area contributed by atoms with Gasteiger partial charge in [0.25, 0.3) is 5.91 Å². The minimum atomic E-state index is -3.72. The minimum Gasteiger partial charge on any atom is -0.352 e. The number of carbonyl (C=O) groups is 1. The van der Waals surface area contributed by atoms with E-state index in [1.807, 2.05) is 37.3 Å². The molecular weight excluding hydrogens is 336 g/mol. The Morgan fingerprint density at radius 2 is 1.80 bits per heavy atom. The third-order valence-corrected chi connectivity index (χ3v) is 5.39. The van der Waals surface area contributed by atoms with Gasteiger partial charge in [0.05, 0.1) is 4.90 Å². The number of hydrogen-bond acceptors (Lipinski definition) is 3. The van der Waals surface area contributed by atoms with Crippen molar-refractivity contribution >= 4 is 15.9 Å². The number of unbranched alkanes of at least 4 members (excludes halogenated alkanes) is 1. The van der Waals surface area contributed by atoms with E-state index in [9.17, 15) is 13.2 Å². The molecule has 1 unspecified atom stereocenters. The zero-order valence-corrected chi connectivity index (χ0v) is 15.3. The monoisotopic (exact) mass is 360 g/mol. The molecule has 0 saturated carbocycles. The Kier molecular flexibility index (Phi) is 6.73. The van der Waals surface area contributed by atoms with Crippen LogP contribution in [0.25, 0.3) is 0 Å². The highest BCUT2D eigenvalue weighted by Gasteiger charge is 2.19. The van der Waals surface area contributed by atoms with Crippen LogP contribution in [0.5, 0.6) is 0 Å². The summed E-state index contributed by atoms with van der Waals surface area (Å²) in [6, 6.07) is 15.1. The summed E-state index contributed by atoms with van der Waals surface area (Å²) in [7, 11) is -3.72. The molecule has 0 saturated heterocycles. The Morgan fingerprint density at radius 1 is 1.08 bits per heavy atom. The highest BCUT2D eigenvalue weighted by Crippen LogP contribution is 2.17. The molecular formula is C19H24N2O3S. The summed E-state index contributed by atoms with van der Waals surface area (Å²) < 4.78 is 27.9. The molecule has 2 aromatic carbocycles. The van der Waals surface area contributed by atoms with E-state index in [1.54, 1.807) is 19.1 Å². The lowest BCUT2D eigenvalue weighted by molar-refractivity contribution is 0.0953. The first-order valence-electron chi connectivity index (χ1n) is 8.39. The second-order valence-corrected chi connectivity index (χ2v) is 7.60. The maximum absolute atomic E-state index is 12.6. The van der Waals surface area contributed by atoms with E-state index < -0.39 is 10.0 Å². The topological polar surface area (TPSA) is 75.3 Å². The van der Waals surface area contributed by atoms with Gasteiger partial charge in [-0.05, 0) is 37.1 Å². The first-order valence-corrected chi connectivity index (χ1v) is 9.88. The van der Waals surface area contributed by atoms with Gasteiger partial charge in [-0.15, -0.1) is 0 Å². The lowest BCUT2D eigenvalue weighted by atomic mass is 10.1.